The lowest BCUT2D eigenvalue weighted by Gasteiger charge is -2.28. The molecule has 2 aliphatic heterocycles. The molecular weight excluding hydrogens is 512 g/mol. The van der Waals surface area contributed by atoms with Crippen molar-refractivity contribution < 1.29 is 33.5 Å². The predicted octanol–water partition coefficient (Wildman–Crippen LogP) is 3.14. The predicted molar refractivity (Wildman–Crippen MR) is 143 cm³/mol. The van der Waals surface area contributed by atoms with E-state index in [9.17, 15) is 28.8 Å². The Hall–Kier alpha value is -4.14. The Morgan fingerprint density at radius 2 is 1.12 bits per heavy atom. The standard InChI is InChI=1S/C31H32N2O7/c1-18(13-26(34)20-9-5-3-6-10-20)16-32-27(35)22-14-24-25(15-23(22)28(32)36)30(38)33(29(24)37)17-19(2)40-31(39)21-11-7-4-8-12-21/h3-12,18-19,22-25H,13-17H2,1-2H3. The normalized spacial score (nSPS) is 25.4. The van der Waals surface area contributed by atoms with Crippen LogP contribution in [-0.4, -0.2) is 64.4 Å². The van der Waals surface area contributed by atoms with Crippen LogP contribution in [0.4, 0.5) is 0 Å². The Labute approximate surface area is 232 Å². The summed E-state index contributed by atoms with van der Waals surface area (Å²) in [5.41, 5.74) is 0.955. The van der Waals surface area contributed by atoms with Gasteiger partial charge in [0.2, 0.25) is 23.6 Å². The van der Waals surface area contributed by atoms with Gasteiger partial charge in [0, 0.05) is 18.5 Å². The molecule has 0 spiro atoms. The molecule has 2 aromatic rings. The fourth-order valence-electron chi connectivity index (χ4n) is 6.23. The number of carbonyl (C=O) groups is 6. The van der Waals surface area contributed by atoms with Crippen LogP contribution in [0.15, 0.2) is 60.7 Å². The van der Waals surface area contributed by atoms with Crippen LogP contribution in [0.25, 0.3) is 0 Å². The number of hydrogen-bond donors (Lipinski definition) is 0. The number of nitrogens with zero attached hydrogens (tertiary/aromatic N) is 2. The van der Waals surface area contributed by atoms with Gasteiger partial charge >= 0.3 is 5.97 Å². The largest absolute Gasteiger partial charge is 0.457 e. The number of amides is 4. The summed E-state index contributed by atoms with van der Waals surface area (Å²) >= 11 is 0. The van der Waals surface area contributed by atoms with Crippen molar-refractivity contribution in [3.05, 3.63) is 71.8 Å². The zero-order chi connectivity index (χ0) is 28.6. The van der Waals surface area contributed by atoms with E-state index in [0.717, 1.165) is 4.90 Å². The molecule has 0 N–H and O–H groups in total. The SMILES string of the molecule is CC(CC(=O)c1ccccc1)CN1C(=O)C2CC3C(=O)N(CC(C)OC(=O)c4ccccc4)C(=O)C3CC2C1=O. The van der Waals surface area contributed by atoms with Crippen molar-refractivity contribution in [1.29, 1.82) is 0 Å². The summed E-state index contributed by atoms with van der Waals surface area (Å²) in [6.45, 7) is 3.48. The molecule has 3 aliphatic rings. The van der Waals surface area contributed by atoms with Gasteiger partial charge in [0.25, 0.3) is 0 Å². The molecule has 3 fully saturated rings. The van der Waals surface area contributed by atoms with E-state index in [1.165, 1.54) is 4.90 Å². The van der Waals surface area contributed by atoms with Crippen LogP contribution in [-0.2, 0) is 23.9 Å². The third kappa shape index (κ3) is 5.20. The first-order valence-electron chi connectivity index (χ1n) is 13.7. The number of carbonyl (C=O) groups excluding carboxylic acids is 6. The Kier molecular flexibility index (Phi) is 7.65. The van der Waals surface area contributed by atoms with Gasteiger partial charge in [-0.2, -0.15) is 0 Å². The summed E-state index contributed by atoms with van der Waals surface area (Å²) < 4.78 is 5.44. The van der Waals surface area contributed by atoms with Gasteiger partial charge in [-0.25, -0.2) is 4.79 Å². The lowest BCUT2D eigenvalue weighted by atomic mass is 9.70. The molecule has 0 bridgehead atoms. The maximum Gasteiger partial charge on any atom is 0.338 e. The Balaban J connectivity index is 1.20. The van der Waals surface area contributed by atoms with E-state index in [1.807, 2.05) is 13.0 Å². The van der Waals surface area contributed by atoms with E-state index in [2.05, 4.69) is 0 Å². The fourth-order valence-corrected chi connectivity index (χ4v) is 6.23. The number of benzene rings is 2. The first-order valence-corrected chi connectivity index (χ1v) is 13.7. The third-order valence-electron chi connectivity index (χ3n) is 8.20. The van der Waals surface area contributed by atoms with E-state index >= 15 is 0 Å². The molecule has 208 valence electrons. The van der Waals surface area contributed by atoms with Gasteiger partial charge in [-0.15, -0.1) is 0 Å². The van der Waals surface area contributed by atoms with Gasteiger partial charge in [0.1, 0.15) is 6.10 Å². The fraction of sp³-hybridized carbons (Fsp3) is 0.419. The van der Waals surface area contributed by atoms with Crippen LogP contribution in [0.5, 0.6) is 0 Å². The lowest BCUT2D eigenvalue weighted by Crippen LogP contribution is -2.39. The summed E-state index contributed by atoms with van der Waals surface area (Å²) in [4.78, 5) is 80.4. The second-order valence-corrected chi connectivity index (χ2v) is 11.2. The highest BCUT2D eigenvalue weighted by Gasteiger charge is 2.59. The third-order valence-corrected chi connectivity index (χ3v) is 8.20. The van der Waals surface area contributed by atoms with Crippen molar-refractivity contribution in [2.45, 2.75) is 39.2 Å². The average Bonchev–Trinajstić information content (AvgIpc) is 3.32. The van der Waals surface area contributed by atoms with Crippen LogP contribution < -0.4 is 0 Å². The zero-order valence-electron chi connectivity index (χ0n) is 22.5. The summed E-state index contributed by atoms with van der Waals surface area (Å²) in [6.07, 6.45) is -0.264. The summed E-state index contributed by atoms with van der Waals surface area (Å²) in [5, 5.41) is 0. The number of ketones is 1. The van der Waals surface area contributed by atoms with Crippen LogP contribution in [0.3, 0.4) is 0 Å². The highest BCUT2D eigenvalue weighted by atomic mass is 16.5. The Bertz CT molecular complexity index is 1200. The van der Waals surface area contributed by atoms with Crippen molar-refractivity contribution in [2.75, 3.05) is 13.1 Å². The molecule has 6 atom stereocenters. The number of fused-ring (bicyclic) bond motifs is 2. The number of Topliss-reactive ketones (excluding diaryl/α,β-unsaturated/α-hetero) is 1. The minimum atomic E-state index is -0.723. The number of hydrogen-bond acceptors (Lipinski definition) is 7. The number of ether oxygens (including phenoxy) is 1. The van der Waals surface area contributed by atoms with Crippen molar-refractivity contribution >= 4 is 35.4 Å². The van der Waals surface area contributed by atoms with Gasteiger partial charge in [-0.1, -0.05) is 55.5 Å². The lowest BCUT2D eigenvalue weighted by molar-refractivity contribution is -0.141. The van der Waals surface area contributed by atoms with Crippen molar-refractivity contribution in [3.8, 4) is 0 Å². The maximum absolute atomic E-state index is 13.3. The first-order chi connectivity index (χ1) is 19.2. The average molecular weight is 545 g/mol. The first kappa shape index (κ1) is 27.4. The van der Waals surface area contributed by atoms with Gasteiger partial charge in [0.15, 0.2) is 5.78 Å². The van der Waals surface area contributed by atoms with Crippen molar-refractivity contribution in [3.63, 3.8) is 0 Å². The molecule has 1 saturated carbocycles. The molecule has 9 nitrogen and oxygen atoms in total. The smallest absolute Gasteiger partial charge is 0.338 e. The second kappa shape index (κ2) is 11.2. The maximum atomic E-state index is 13.3. The van der Waals surface area contributed by atoms with Crippen LogP contribution in [0, 0.1) is 29.6 Å². The molecular formula is C31H32N2O7. The molecule has 0 radical (unpaired) electrons. The van der Waals surface area contributed by atoms with Crippen LogP contribution >= 0.6 is 0 Å². The van der Waals surface area contributed by atoms with E-state index in [4.69, 9.17) is 4.74 Å². The van der Waals surface area contributed by atoms with Gasteiger partial charge in [-0.3, -0.25) is 33.8 Å². The quantitative estimate of drug-likeness (QED) is 0.270. The molecule has 9 heteroatoms. The van der Waals surface area contributed by atoms with Crippen molar-refractivity contribution in [2.24, 2.45) is 29.6 Å². The molecule has 2 saturated heterocycles. The molecule has 2 heterocycles. The van der Waals surface area contributed by atoms with E-state index in [-0.39, 0.29) is 55.9 Å². The van der Waals surface area contributed by atoms with Gasteiger partial charge in [0.05, 0.1) is 35.8 Å². The molecule has 40 heavy (non-hydrogen) atoms. The molecule has 2 aromatic carbocycles. The molecule has 5 rings (SSSR count). The summed E-state index contributed by atoms with van der Waals surface area (Å²) in [7, 11) is 0. The highest BCUT2D eigenvalue weighted by molar-refractivity contribution is 6.09. The van der Waals surface area contributed by atoms with Crippen molar-refractivity contribution in [1.82, 2.24) is 9.80 Å². The minimum Gasteiger partial charge on any atom is -0.457 e. The summed E-state index contributed by atoms with van der Waals surface area (Å²) in [6, 6.07) is 17.3. The molecule has 1 aliphatic carbocycles. The number of imide groups is 2. The molecule has 4 amide bonds. The monoisotopic (exact) mass is 544 g/mol. The zero-order valence-corrected chi connectivity index (χ0v) is 22.5. The number of esters is 1. The molecule has 6 unspecified atom stereocenters. The van der Waals surface area contributed by atoms with Gasteiger partial charge < -0.3 is 4.74 Å². The Morgan fingerprint density at radius 1 is 0.700 bits per heavy atom. The second-order valence-electron chi connectivity index (χ2n) is 11.2. The van der Waals surface area contributed by atoms with E-state index < -0.39 is 47.6 Å². The molecule has 0 aromatic heterocycles. The van der Waals surface area contributed by atoms with E-state index in [1.54, 1.807) is 61.5 Å². The van der Waals surface area contributed by atoms with Crippen LogP contribution in [0.2, 0.25) is 0 Å². The summed E-state index contributed by atoms with van der Waals surface area (Å²) in [5.74, 6) is -4.97. The topological polar surface area (TPSA) is 118 Å². The highest BCUT2D eigenvalue weighted by Crippen LogP contribution is 2.47. The minimum absolute atomic E-state index is 0.0564. The number of rotatable bonds is 9. The van der Waals surface area contributed by atoms with Crippen LogP contribution in [0.1, 0.15) is 53.8 Å². The number of likely N-dealkylation sites (tertiary alicyclic amines) is 2. The van der Waals surface area contributed by atoms with E-state index in [0.29, 0.717) is 11.1 Å². The Morgan fingerprint density at radius 3 is 1.60 bits per heavy atom. The van der Waals surface area contributed by atoms with Gasteiger partial charge in [-0.05, 0) is 37.8 Å².